The molecule has 0 aromatic rings. The van der Waals surface area contributed by atoms with Crippen molar-refractivity contribution >= 4 is 16.0 Å². The second-order valence-corrected chi connectivity index (χ2v) is 6.71. The first-order valence-electron chi connectivity index (χ1n) is 6.78. The predicted octanol–water partition coefficient (Wildman–Crippen LogP) is -0.353. The molecule has 0 aliphatic heterocycles. The molecule has 1 saturated carbocycles. The Morgan fingerprint density at radius 2 is 2.10 bits per heavy atom. The number of nitrogens with one attached hydrogen (secondary N) is 1. The maximum absolute atomic E-state index is 12.2. The van der Waals surface area contributed by atoms with Crippen LogP contribution in [0.4, 0.5) is 0 Å². The fourth-order valence-electron chi connectivity index (χ4n) is 2.38. The molecule has 0 spiro atoms. The van der Waals surface area contributed by atoms with Crippen molar-refractivity contribution in [3.8, 4) is 0 Å². The molecule has 118 valence electrons. The Morgan fingerprint density at radius 1 is 1.35 bits per heavy atom. The van der Waals surface area contributed by atoms with Crippen LogP contribution in [0.15, 0.2) is 0 Å². The van der Waals surface area contributed by atoms with Gasteiger partial charge < -0.3 is 14.6 Å². The molecule has 0 bridgehead atoms. The smallest absolute Gasteiger partial charge is 0.310 e. The number of methoxy groups -OCH3 is 1. The van der Waals surface area contributed by atoms with Crippen molar-refractivity contribution in [1.29, 1.82) is 0 Å². The summed E-state index contributed by atoms with van der Waals surface area (Å²) in [7, 11) is -2.24. The number of rotatable bonds is 9. The Morgan fingerprint density at radius 3 is 2.75 bits per heavy atom. The van der Waals surface area contributed by atoms with Crippen molar-refractivity contribution in [2.45, 2.75) is 30.9 Å². The molecule has 0 saturated heterocycles. The van der Waals surface area contributed by atoms with Gasteiger partial charge in [-0.3, -0.25) is 4.79 Å². The number of sulfonamides is 1. The van der Waals surface area contributed by atoms with Crippen LogP contribution in [0.5, 0.6) is 0 Å². The Kier molecular flexibility index (Phi) is 7.42. The zero-order chi connectivity index (χ0) is 15.0. The molecule has 1 fully saturated rings. The van der Waals surface area contributed by atoms with Crippen molar-refractivity contribution in [3.05, 3.63) is 0 Å². The highest BCUT2D eigenvalue weighted by atomic mass is 32.2. The average Bonchev–Trinajstić information content (AvgIpc) is 2.92. The van der Waals surface area contributed by atoms with Gasteiger partial charge in [-0.05, 0) is 19.3 Å². The normalized spacial score (nSPS) is 22.9. The molecule has 0 aromatic heterocycles. The van der Waals surface area contributed by atoms with Gasteiger partial charge in [0, 0.05) is 13.2 Å². The molecular weight excluding hydrogens is 286 g/mol. The second kappa shape index (κ2) is 8.56. The second-order valence-electron chi connectivity index (χ2n) is 4.73. The standard InChI is InChI=1S/C12H23NO6S/c1-18-12(15)10-4-2-5-11(10)20(16,17)13-6-3-8-19-9-7-14/h10-11,13-14H,2-9H2,1H3. The number of hydrogen-bond donors (Lipinski definition) is 2. The summed E-state index contributed by atoms with van der Waals surface area (Å²) in [6, 6.07) is 0. The van der Waals surface area contributed by atoms with Gasteiger partial charge in [0.15, 0.2) is 0 Å². The number of aliphatic hydroxyl groups is 1. The van der Waals surface area contributed by atoms with E-state index in [1.54, 1.807) is 0 Å². The average molecular weight is 309 g/mol. The molecule has 0 heterocycles. The van der Waals surface area contributed by atoms with Gasteiger partial charge in [-0.15, -0.1) is 0 Å². The van der Waals surface area contributed by atoms with Crippen LogP contribution in [-0.4, -0.2) is 58.2 Å². The number of ether oxygens (including phenoxy) is 2. The van der Waals surface area contributed by atoms with E-state index in [9.17, 15) is 13.2 Å². The molecule has 20 heavy (non-hydrogen) atoms. The SMILES string of the molecule is COC(=O)C1CCCC1S(=O)(=O)NCCCOCCO. The number of esters is 1. The predicted molar refractivity (Wildman–Crippen MR) is 72.6 cm³/mol. The van der Waals surface area contributed by atoms with Crippen molar-refractivity contribution in [3.63, 3.8) is 0 Å². The minimum atomic E-state index is -3.51. The van der Waals surface area contributed by atoms with Crippen LogP contribution < -0.4 is 4.72 Å². The third-order valence-corrected chi connectivity index (χ3v) is 5.33. The molecule has 0 aromatic carbocycles. The molecule has 1 rings (SSSR count). The maximum Gasteiger partial charge on any atom is 0.310 e. The van der Waals surface area contributed by atoms with Gasteiger partial charge in [0.25, 0.3) is 0 Å². The minimum absolute atomic E-state index is 0.0470. The van der Waals surface area contributed by atoms with E-state index < -0.39 is 27.2 Å². The first kappa shape index (κ1) is 17.4. The first-order chi connectivity index (χ1) is 9.53. The van der Waals surface area contributed by atoms with E-state index in [1.807, 2.05) is 0 Å². The van der Waals surface area contributed by atoms with Gasteiger partial charge in [-0.1, -0.05) is 6.42 Å². The summed E-state index contributed by atoms with van der Waals surface area (Å²) in [5.74, 6) is -1.02. The molecule has 2 unspecified atom stereocenters. The molecule has 2 N–H and O–H groups in total. The molecule has 7 nitrogen and oxygen atoms in total. The van der Waals surface area contributed by atoms with E-state index in [1.165, 1.54) is 7.11 Å². The third kappa shape index (κ3) is 5.01. The van der Waals surface area contributed by atoms with E-state index in [0.717, 1.165) is 0 Å². The van der Waals surface area contributed by atoms with Crippen LogP contribution in [-0.2, 0) is 24.3 Å². The zero-order valence-corrected chi connectivity index (χ0v) is 12.5. The van der Waals surface area contributed by atoms with Crippen molar-refractivity contribution in [2.24, 2.45) is 5.92 Å². The lowest BCUT2D eigenvalue weighted by atomic mass is 10.1. The lowest BCUT2D eigenvalue weighted by Gasteiger charge is -2.18. The fraction of sp³-hybridized carbons (Fsp3) is 0.917. The van der Waals surface area contributed by atoms with Crippen LogP contribution in [0.25, 0.3) is 0 Å². The van der Waals surface area contributed by atoms with Crippen LogP contribution >= 0.6 is 0 Å². The quantitative estimate of drug-likeness (QED) is 0.446. The van der Waals surface area contributed by atoms with Crippen molar-refractivity contribution < 1.29 is 27.8 Å². The summed E-state index contributed by atoms with van der Waals surface area (Å²) in [6.45, 7) is 0.848. The first-order valence-corrected chi connectivity index (χ1v) is 8.32. The lowest BCUT2D eigenvalue weighted by molar-refractivity contribution is -0.145. The Labute approximate surface area is 119 Å². The third-order valence-electron chi connectivity index (χ3n) is 3.36. The summed E-state index contributed by atoms with van der Waals surface area (Å²) in [6.07, 6.45) is 2.27. The highest BCUT2D eigenvalue weighted by Gasteiger charge is 2.41. The highest BCUT2D eigenvalue weighted by molar-refractivity contribution is 7.90. The Balaban J connectivity index is 2.41. The van der Waals surface area contributed by atoms with E-state index >= 15 is 0 Å². The van der Waals surface area contributed by atoms with E-state index in [2.05, 4.69) is 9.46 Å². The fourth-order valence-corrected chi connectivity index (χ4v) is 4.18. The van der Waals surface area contributed by atoms with Gasteiger partial charge in [0.05, 0.1) is 31.5 Å². The molecular formula is C12H23NO6S. The lowest BCUT2D eigenvalue weighted by Crippen LogP contribution is -2.40. The summed E-state index contributed by atoms with van der Waals surface area (Å²) in [5, 5.41) is 7.82. The Bertz CT molecular complexity index is 397. The molecule has 1 aliphatic rings. The molecule has 8 heteroatoms. The molecule has 1 aliphatic carbocycles. The summed E-state index contributed by atoms with van der Waals surface area (Å²) < 4.78 is 36.5. The van der Waals surface area contributed by atoms with Crippen LogP contribution in [0.2, 0.25) is 0 Å². The van der Waals surface area contributed by atoms with Crippen LogP contribution in [0, 0.1) is 5.92 Å². The number of hydrogen-bond acceptors (Lipinski definition) is 6. The maximum atomic E-state index is 12.2. The number of carbonyl (C=O) groups is 1. The summed E-state index contributed by atoms with van der Waals surface area (Å²) in [5.41, 5.74) is 0. The van der Waals surface area contributed by atoms with Gasteiger partial charge >= 0.3 is 5.97 Å². The van der Waals surface area contributed by atoms with Crippen molar-refractivity contribution in [1.82, 2.24) is 4.72 Å². The molecule has 0 amide bonds. The van der Waals surface area contributed by atoms with Gasteiger partial charge in [0.1, 0.15) is 0 Å². The number of carbonyl (C=O) groups excluding carboxylic acids is 1. The van der Waals surface area contributed by atoms with E-state index in [-0.39, 0.29) is 19.8 Å². The molecule has 0 radical (unpaired) electrons. The largest absolute Gasteiger partial charge is 0.469 e. The van der Waals surface area contributed by atoms with Crippen LogP contribution in [0.3, 0.4) is 0 Å². The van der Waals surface area contributed by atoms with Crippen molar-refractivity contribution in [2.75, 3.05) is 33.5 Å². The van der Waals surface area contributed by atoms with Gasteiger partial charge in [0.2, 0.25) is 10.0 Å². The topological polar surface area (TPSA) is 102 Å². The number of aliphatic hydroxyl groups excluding tert-OH is 1. The Hall–Kier alpha value is -0.700. The van der Waals surface area contributed by atoms with Gasteiger partial charge in [-0.2, -0.15) is 0 Å². The summed E-state index contributed by atoms with van der Waals surface area (Å²) in [4.78, 5) is 11.6. The zero-order valence-electron chi connectivity index (χ0n) is 11.7. The minimum Gasteiger partial charge on any atom is -0.469 e. The molecule has 2 atom stereocenters. The summed E-state index contributed by atoms with van der Waals surface area (Å²) >= 11 is 0. The van der Waals surface area contributed by atoms with E-state index in [4.69, 9.17) is 9.84 Å². The van der Waals surface area contributed by atoms with E-state index in [0.29, 0.717) is 32.3 Å². The highest BCUT2D eigenvalue weighted by Crippen LogP contribution is 2.31. The monoisotopic (exact) mass is 309 g/mol. The van der Waals surface area contributed by atoms with Crippen LogP contribution in [0.1, 0.15) is 25.7 Å². The van der Waals surface area contributed by atoms with Gasteiger partial charge in [-0.25, -0.2) is 13.1 Å².